The van der Waals surface area contributed by atoms with Crippen molar-refractivity contribution in [2.75, 3.05) is 13.2 Å². The van der Waals surface area contributed by atoms with Crippen LogP contribution < -0.4 is 4.74 Å². The van der Waals surface area contributed by atoms with E-state index >= 15 is 0 Å². The predicted molar refractivity (Wildman–Crippen MR) is 211 cm³/mol. The second kappa shape index (κ2) is 16.8. The lowest BCUT2D eigenvalue weighted by molar-refractivity contribution is -0.323. The monoisotopic (exact) mass is 870 g/mol. The summed E-state index contributed by atoms with van der Waals surface area (Å²) in [6.45, 7) is 12.3. The van der Waals surface area contributed by atoms with Crippen molar-refractivity contribution in [3.05, 3.63) is 22.8 Å². The van der Waals surface area contributed by atoms with Gasteiger partial charge in [0.15, 0.2) is 17.8 Å². The smallest absolute Gasteiger partial charge is 0.303 e. The Morgan fingerprint density at radius 2 is 1.51 bits per heavy atom. The summed E-state index contributed by atoms with van der Waals surface area (Å²) in [6.07, 6.45) is -17.7. The number of fused-ring (bicyclic) bond motifs is 5. The maximum absolute atomic E-state index is 14.9. The van der Waals surface area contributed by atoms with Gasteiger partial charge in [0, 0.05) is 19.3 Å². The van der Waals surface area contributed by atoms with Gasteiger partial charge in [-0.05, 0) is 106 Å². The molecule has 0 aromatic heterocycles. The molecule has 1 aromatic rings. The van der Waals surface area contributed by atoms with Gasteiger partial charge in [0.25, 0.3) is 0 Å². The van der Waals surface area contributed by atoms with Gasteiger partial charge in [0.1, 0.15) is 60.2 Å². The van der Waals surface area contributed by atoms with E-state index in [1.54, 1.807) is 20.8 Å². The third kappa shape index (κ3) is 7.91. The molecule has 18 nitrogen and oxygen atoms in total. The number of rotatable bonds is 12. The highest BCUT2D eigenvalue weighted by atomic mass is 16.7. The zero-order chi connectivity index (χ0) is 45.5. The highest BCUT2D eigenvalue weighted by Gasteiger charge is 2.73. The Morgan fingerprint density at radius 1 is 0.918 bits per heavy atom. The molecule has 0 bridgehead atoms. The highest BCUT2D eigenvalue weighted by Crippen LogP contribution is 2.72. The molecule has 3 aliphatic carbocycles. The molecule has 0 spiro atoms. The van der Waals surface area contributed by atoms with Crippen molar-refractivity contribution >= 4 is 11.8 Å². The molecule has 18 atom stereocenters. The van der Waals surface area contributed by atoms with Crippen LogP contribution in [0.1, 0.15) is 97.3 Å². The number of benzene rings is 1. The van der Waals surface area contributed by atoms with Crippen LogP contribution in [0.3, 0.4) is 0 Å². The summed E-state index contributed by atoms with van der Waals surface area (Å²) < 4.78 is 28.2. The maximum atomic E-state index is 14.9. The molecule has 0 radical (unpaired) electrons. The van der Waals surface area contributed by atoms with E-state index in [-0.39, 0.29) is 43.0 Å². The number of esters is 1. The average Bonchev–Trinajstić information content (AvgIpc) is 3.38. The molecule has 2 heterocycles. The molecule has 5 aliphatic rings. The van der Waals surface area contributed by atoms with Gasteiger partial charge in [0.05, 0.1) is 36.4 Å². The third-order valence-electron chi connectivity index (χ3n) is 15.4. The number of hydrogen-bond donors (Lipinski definition) is 11. The number of carbonyl (C=O) groups is 2. The van der Waals surface area contributed by atoms with E-state index in [9.17, 15) is 65.8 Å². The maximum Gasteiger partial charge on any atom is 0.303 e. The van der Waals surface area contributed by atoms with Crippen molar-refractivity contribution in [2.24, 2.45) is 22.7 Å². The second-order valence-corrected chi connectivity index (χ2v) is 19.6. The van der Waals surface area contributed by atoms with Gasteiger partial charge in [-0.15, -0.1) is 0 Å². The minimum absolute atomic E-state index is 0.0543. The first kappa shape index (κ1) is 47.9. The largest absolute Gasteiger partial charge is 0.504 e. The summed E-state index contributed by atoms with van der Waals surface area (Å²) in [6, 6.07) is 1.51. The van der Waals surface area contributed by atoms with E-state index in [0.29, 0.717) is 29.5 Å². The van der Waals surface area contributed by atoms with Gasteiger partial charge in [0.2, 0.25) is 6.29 Å². The van der Waals surface area contributed by atoms with E-state index in [0.717, 1.165) is 0 Å². The molecule has 11 N–H and O–H groups in total. The molecule has 346 valence electrons. The number of ketones is 1. The number of aliphatic hydroxyl groups is 10. The lowest BCUT2D eigenvalue weighted by Gasteiger charge is -2.62. The second-order valence-electron chi connectivity index (χ2n) is 19.6. The van der Waals surface area contributed by atoms with Crippen LogP contribution >= 0.6 is 0 Å². The number of Topliss-reactive ketones (excluding diaryl/α,β-unsaturated/α-hetero) is 1. The van der Waals surface area contributed by atoms with Crippen molar-refractivity contribution in [1.29, 1.82) is 0 Å². The van der Waals surface area contributed by atoms with Crippen molar-refractivity contribution in [1.82, 2.24) is 0 Å². The first-order valence-corrected chi connectivity index (χ1v) is 21.1. The van der Waals surface area contributed by atoms with E-state index in [1.807, 2.05) is 20.8 Å². The Labute approximate surface area is 355 Å². The van der Waals surface area contributed by atoms with E-state index in [1.165, 1.54) is 19.9 Å². The SMILES string of the molecule is CC(=O)OC(C)(C)CC[C@H](O)[C@](C)(O)[C@H]1[C@H](O)C[C@]2(C)[C@@H]3CCc4c(cc(O[C@@H]5O[C@H](CO[C@@H]6O[C@H](CO)[C@@H](O)[C@H](O)[C@H]6O)[C@@H](O)[C@H](O)[C@H]5O)c(O)c4C)[C@]3(C)C(=O)C[C@]12C. The van der Waals surface area contributed by atoms with Crippen LogP contribution in [0.25, 0.3) is 0 Å². The summed E-state index contributed by atoms with van der Waals surface area (Å²) in [4.78, 5) is 26.6. The number of ether oxygens (including phenoxy) is 5. The van der Waals surface area contributed by atoms with Crippen LogP contribution in [-0.2, 0) is 40.4 Å². The molecule has 1 aromatic carbocycles. The zero-order valence-corrected chi connectivity index (χ0v) is 36.1. The van der Waals surface area contributed by atoms with Gasteiger partial charge < -0.3 is 79.9 Å². The fourth-order valence-electron chi connectivity index (χ4n) is 11.8. The summed E-state index contributed by atoms with van der Waals surface area (Å²) in [5.74, 6) is -2.50. The summed E-state index contributed by atoms with van der Waals surface area (Å²) in [7, 11) is 0. The topological polar surface area (TPSA) is 303 Å². The first-order chi connectivity index (χ1) is 28.2. The number of aromatic hydroxyl groups is 1. The van der Waals surface area contributed by atoms with E-state index < -0.39 is 132 Å². The molecule has 18 heteroatoms. The van der Waals surface area contributed by atoms with Crippen molar-refractivity contribution in [2.45, 2.75) is 184 Å². The first-order valence-electron chi connectivity index (χ1n) is 21.1. The Kier molecular flexibility index (Phi) is 13.2. The number of phenols is 1. The predicted octanol–water partition coefficient (Wildman–Crippen LogP) is -0.876. The van der Waals surface area contributed by atoms with Crippen LogP contribution in [0.2, 0.25) is 0 Å². The molecular weight excluding hydrogens is 804 g/mol. The molecule has 61 heavy (non-hydrogen) atoms. The van der Waals surface area contributed by atoms with Crippen LogP contribution in [0.5, 0.6) is 11.5 Å². The van der Waals surface area contributed by atoms with Gasteiger partial charge >= 0.3 is 5.97 Å². The van der Waals surface area contributed by atoms with Gasteiger partial charge in [-0.25, -0.2) is 0 Å². The standard InChI is InChI=1S/C43H66O18/c1-18-20-9-10-26-40(5)14-22(46)36(43(8,56)27(47)11-12-39(3,4)61-19(2)45)41(40,6)15-28(48)42(26,7)21(20)13-23(29(18)49)58-38-35(55)33(53)31(51)25(60-38)17-57-37-34(54)32(52)30(50)24(16-44)59-37/h13,22,24-27,30-38,44,46-47,49-56H,9-12,14-17H2,1-8H3/t22-,24-,25-,26+,27+,30-,31-,32+,33+,34-,35-,36+,37-,38-,40-,41-,42+,43+/m1/s1. The van der Waals surface area contributed by atoms with Crippen molar-refractivity contribution in [3.8, 4) is 11.5 Å². The van der Waals surface area contributed by atoms with Crippen LogP contribution in [0.15, 0.2) is 6.07 Å². The molecule has 2 saturated heterocycles. The minimum Gasteiger partial charge on any atom is -0.504 e. The van der Waals surface area contributed by atoms with Gasteiger partial charge in [-0.1, -0.05) is 13.8 Å². The highest BCUT2D eigenvalue weighted by molar-refractivity contribution is 5.93. The Hall–Kier alpha value is -2.56. The number of carbonyl (C=O) groups excluding carboxylic acids is 2. The summed E-state index contributed by atoms with van der Waals surface area (Å²) >= 11 is 0. The fraction of sp³-hybridized carbons (Fsp3) is 0.814. The summed E-state index contributed by atoms with van der Waals surface area (Å²) in [5, 5.41) is 120. The van der Waals surface area contributed by atoms with Gasteiger partial charge in [-0.3, -0.25) is 9.59 Å². The zero-order valence-electron chi connectivity index (χ0n) is 36.1. The number of hydrogen-bond acceptors (Lipinski definition) is 18. The van der Waals surface area contributed by atoms with Crippen molar-refractivity contribution < 1.29 is 89.4 Å². The van der Waals surface area contributed by atoms with Crippen LogP contribution in [0.4, 0.5) is 0 Å². The van der Waals surface area contributed by atoms with Gasteiger partial charge in [-0.2, -0.15) is 0 Å². The molecular formula is C43H66O18. The Morgan fingerprint density at radius 3 is 2.11 bits per heavy atom. The lowest BCUT2D eigenvalue weighted by atomic mass is 9.41. The lowest BCUT2D eigenvalue weighted by Crippen LogP contribution is -2.64. The molecule has 0 amide bonds. The molecule has 0 unspecified atom stereocenters. The molecule has 6 rings (SSSR count). The molecule has 2 aliphatic heterocycles. The third-order valence-corrected chi connectivity index (χ3v) is 15.4. The Bertz CT molecular complexity index is 1800. The van der Waals surface area contributed by atoms with E-state index in [2.05, 4.69) is 0 Å². The molecule has 2 saturated carbocycles. The van der Waals surface area contributed by atoms with Crippen LogP contribution in [-0.4, -0.2) is 166 Å². The van der Waals surface area contributed by atoms with Crippen molar-refractivity contribution in [3.63, 3.8) is 0 Å². The van der Waals surface area contributed by atoms with Crippen LogP contribution in [0, 0.1) is 29.6 Å². The summed E-state index contributed by atoms with van der Waals surface area (Å²) in [5.41, 5.74) is -4.06. The Balaban J connectivity index is 1.26. The normalized spacial score (nSPS) is 42.8. The fourth-order valence-corrected chi connectivity index (χ4v) is 11.8. The quantitative estimate of drug-likeness (QED) is 0.114. The number of aliphatic hydroxyl groups excluding tert-OH is 9. The minimum atomic E-state index is -1.86. The number of phenolic OH excluding ortho intramolecular Hbond substituents is 1. The van der Waals surface area contributed by atoms with E-state index in [4.69, 9.17) is 23.7 Å². The molecule has 4 fully saturated rings. The average molecular weight is 871 g/mol.